The van der Waals surface area contributed by atoms with E-state index in [2.05, 4.69) is 15.3 Å². The van der Waals surface area contributed by atoms with E-state index < -0.39 is 17.8 Å². The molecule has 0 spiro atoms. The molecular formula is C12H9F3N4O. The second-order valence-corrected chi connectivity index (χ2v) is 3.83. The van der Waals surface area contributed by atoms with E-state index in [1.807, 2.05) is 0 Å². The van der Waals surface area contributed by atoms with Crippen molar-refractivity contribution in [2.24, 2.45) is 0 Å². The summed E-state index contributed by atoms with van der Waals surface area (Å²) in [5, 5.41) is 2.37. The number of nitrogens with zero attached hydrogens (tertiary/aromatic N) is 2. The van der Waals surface area contributed by atoms with Gasteiger partial charge in [0.1, 0.15) is 5.69 Å². The summed E-state index contributed by atoms with van der Waals surface area (Å²) >= 11 is 0. The lowest BCUT2D eigenvalue weighted by molar-refractivity contribution is -0.141. The standard InChI is InChI=1S/C12H9F3N4O/c13-12(14,15)9-4-3-7(6-18-9)19-11(20)10-8(16)2-1-5-17-10/h1-6H,16H2,(H,19,20). The van der Waals surface area contributed by atoms with Crippen LogP contribution in [0.2, 0.25) is 0 Å². The Hall–Kier alpha value is -2.64. The van der Waals surface area contributed by atoms with Gasteiger partial charge in [-0.15, -0.1) is 0 Å². The number of rotatable bonds is 2. The summed E-state index contributed by atoms with van der Waals surface area (Å²) in [6, 6.07) is 4.93. The van der Waals surface area contributed by atoms with Gasteiger partial charge >= 0.3 is 6.18 Å². The average molecular weight is 282 g/mol. The Morgan fingerprint density at radius 3 is 2.50 bits per heavy atom. The van der Waals surface area contributed by atoms with Crippen LogP contribution in [-0.4, -0.2) is 15.9 Å². The monoisotopic (exact) mass is 282 g/mol. The Labute approximate surface area is 111 Å². The number of carbonyl (C=O) groups excluding carboxylic acids is 1. The minimum absolute atomic E-state index is 0.00704. The molecule has 0 saturated carbocycles. The van der Waals surface area contributed by atoms with Gasteiger partial charge < -0.3 is 11.1 Å². The van der Waals surface area contributed by atoms with Crippen molar-refractivity contribution < 1.29 is 18.0 Å². The molecule has 0 saturated heterocycles. The fourth-order valence-corrected chi connectivity index (χ4v) is 1.43. The highest BCUT2D eigenvalue weighted by Gasteiger charge is 2.32. The van der Waals surface area contributed by atoms with Crippen LogP contribution < -0.4 is 11.1 Å². The first-order valence-corrected chi connectivity index (χ1v) is 5.43. The number of hydrogen-bond donors (Lipinski definition) is 2. The van der Waals surface area contributed by atoms with Crippen LogP contribution in [0.4, 0.5) is 24.5 Å². The molecule has 0 aliphatic heterocycles. The molecule has 0 aliphatic carbocycles. The number of nitrogen functional groups attached to an aromatic ring is 1. The third kappa shape index (κ3) is 3.02. The number of alkyl halides is 3. The van der Waals surface area contributed by atoms with Gasteiger partial charge in [0.2, 0.25) is 0 Å². The first kappa shape index (κ1) is 13.8. The van der Waals surface area contributed by atoms with E-state index >= 15 is 0 Å². The van der Waals surface area contributed by atoms with Gasteiger partial charge in [-0.2, -0.15) is 13.2 Å². The normalized spacial score (nSPS) is 11.2. The van der Waals surface area contributed by atoms with Gasteiger partial charge in [0, 0.05) is 6.20 Å². The zero-order chi connectivity index (χ0) is 14.8. The summed E-state index contributed by atoms with van der Waals surface area (Å²) in [6.45, 7) is 0. The molecule has 8 heteroatoms. The number of halogens is 3. The van der Waals surface area contributed by atoms with E-state index in [0.717, 1.165) is 18.3 Å². The van der Waals surface area contributed by atoms with Crippen LogP contribution in [-0.2, 0) is 6.18 Å². The third-order valence-electron chi connectivity index (χ3n) is 2.37. The maximum atomic E-state index is 12.3. The van der Waals surface area contributed by atoms with E-state index in [0.29, 0.717) is 0 Å². The first-order chi connectivity index (χ1) is 9.38. The fourth-order valence-electron chi connectivity index (χ4n) is 1.43. The molecule has 2 aromatic rings. The highest BCUT2D eigenvalue weighted by atomic mass is 19.4. The van der Waals surface area contributed by atoms with Crippen molar-refractivity contribution in [2.75, 3.05) is 11.1 Å². The van der Waals surface area contributed by atoms with Gasteiger partial charge in [-0.25, -0.2) is 9.97 Å². The minimum atomic E-state index is -4.52. The Kier molecular flexibility index (Phi) is 3.55. The molecule has 1 amide bonds. The highest BCUT2D eigenvalue weighted by Crippen LogP contribution is 2.27. The van der Waals surface area contributed by atoms with Crippen LogP contribution in [0, 0.1) is 0 Å². The fraction of sp³-hybridized carbons (Fsp3) is 0.0833. The lowest BCUT2D eigenvalue weighted by Gasteiger charge is -2.08. The second kappa shape index (κ2) is 5.16. The number of amides is 1. The largest absolute Gasteiger partial charge is 0.433 e. The van der Waals surface area contributed by atoms with Crippen molar-refractivity contribution in [1.29, 1.82) is 0 Å². The van der Waals surface area contributed by atoms with Crippen LogP contribution >= 0.6 is 0 Å². The predicted octanol–water partition coefficient (Wildman–Crippen LogP) is 2.33. The zero-order valence-electron chi connectivity index (χ0n) is 9.98. The lowest BCUT2D eigenvalue weighted by Crippen LogP contribution is -2.16. The molecule has 2 heterocycles. The number of aromatic nitrogens is 2. The summed E-state index contributed by atoms with van der Waals surface area (Å²) in [5.74, 6) is -0.621. The molecule has 0 bridgehead atoms. The van der Waals surface area contributed by atoms with E-state index in [1.54, 1.807) is 6.07 Å². The Morgan fingerprint density at radius 1 is 1.20 bits per heavy atom. The SMILES string of the molecule is Nc1cccnc1C(=O)Nc1ccc(C(F)(F)F)nc1. The molecule has 0 radical (unpaired) electrons. The van der Waals surface area contributed by atoms with Crippen molar-refractivity contribution in [3.05, 3.63) is 48.0 Å². The van der Waals surface area contributed by atoms with Crippen molar-refractivity contribution in [3.63, 3.8) is 0 Å². The zero-order valence-corrected chi connectivity index (χ0v) is 9.98. The molecular weight excluding hydrogens is 273 g/mol. The molecule has 3 N–H and O–H groups in total. The molecule has 2 rings (SSSR count). The number of nitrogens with two attached hydrogens (primary N) is 1. The van der Waals surface area contributed by atoms with Gasteiger partial charge in [-0.1, -0.05) is 0 Å². The van der Waals surface area contributed by atoms with Gasteiger partial charge in [0.05, 0.1) is 17.6 Å². The summed E-state index contributed by atoms with van der Waals surface area (Å²) in [6.07, 6.45) is -2.22. The summed E-state index contributed by atoms with van der Waals surface area (Å²) in [7, 11) is 0. The average Bonchev–Trinajstić information content (AvgIpc) is 2.38. The summed E-state index contributed by atoms with van der Waals surface area (Å²) in [4.78, 5) is 18.8. The number of anilines is 2. The first-order valence-electron chi connectivity index (χ1n) is 5.43. The highest BCUT2D eigenvalue weighted by molar-refractivity contribution is 6.06. The number of hydrogen-bond acceptors (Lipinski definition) is 4. The second-order valence-electron chi connectivity index (χ2n) is 3.83. The molecule has 2 aromatic heterocycles. The Bertz CT molecular complexity index is 625. The van der Waals surface area contributed by atoms with Gasteiger partial charge in [0.25, 0.3) is 5.91 Å². The van der Waals surface area contributed by atoms with E-state index in [1.165, 1.54) is 12.3 Å². The van der Waals surface area contributed by atoms with Crippen LogP contribution in [0.1, 0.15) is 16.2 Å². The smallest absolute Gasteiger partial charge is 0.397 e. The van der Waals surface area contributed by atoms with Gasteiger partial charge in [-0.3, -0.25) is 4.79 Å². The molecule has 104 valence electrons. The maximum absolute atomic E-state index is 12.3. The molecule has 20 heavy (non-hydrogen) atoms. The van der Waals surface area contributed by atoms with Crippen LogP contribution in [0.3, 0.4) is 0 Å². The van der Waals surface area contributed by atoms with Crippen LogP contribution in [0.25, 0.3) is 0 Å². The van der Waals surface area contributed by atoms with Crippen molar-refractivity contribution in [1.82, 2.24) is 9.97 Å². The quantitative estimate of drug-likeness (QED) is 0.885. The van der Waals surface area contributed by atoms with E-state index in [-0.39, 0.29) is 17.1 Å². The summed E-state index contributed by atoms with van der Waals surface area (Å²) < 4.78 is 37.0. The van der Waals surface area contributed by atoms with Crippen molar-refractivity contribution >= 4 is 17.3 Å². The topological polar surface area (TPSA) is 80.9 Å². The number of carbonyl (C=O) groups is 1. The lowest BCUT2D eigenvalue weighted by atomic mass is 10.2. The van der Waals surface area contributed by atoms with Crippen LogP contribution in [0.15, 0.2) is 36.7 Å². The molecule has 0 unspecified atom stereocenters. The molecule has 5 nitrogen and oxygen atoms in total. The molecule has 0 aromatic carbocycles. The van der Waals surface area contributed by atoms with Crippen molar-refractivity contribution in [3.8, 4) is 0 Å². The minimum Gasteiger partial charge on any atom is -0.397 e. The van der Waals surface area contributed by atoms with E-state index in [9.17, 15) is 18.0 Å². The van der Waals surface area contributed by atoms with Crippen LogP contribution in [0.5, 0.6) is 0 Å². The Morgan fingerprint density at radius 2 is 1.95 bits per heavy atom. The van der Waals surface area contributed by atoms with Gasteiger partial charge in [-0.05, 0) is 24.3 Å². The van der Waals surface area contributed by atoms with Gasteiger partial charge in [0.15, 0.2) is 5.69 Å². The molecule has 0 aliphatic rings. The number of nitrogens with one attached hydrogen (secondary N) is 1. The maximum Gasteiger partial charge on any atom is 0.433 e. The Balaban J connectivity index is 2.15. The third-order valence-corrected chi connectivity index (χ3v) is 2.37. The van der Waals surface area contributed by atoms with Crippen molar-refractivity contribution in [2.45, 2.75) is 6.18 Å². The number of pyridine rings is 2. The van der Waals surface area contributed by atoms with E-state index in [4.69, 9.17) is 5.73 Å². The summed E-state index contributed by atoms with van der Waals surface area (Å²) in [5.41, 5.74) is 4.82. The molecule has 0 atom stereocenters. The predicted molar refractivity (Wildman–Crippen MR) is 65.8 cm³/mol. The molecule has 0 fully saturated rings.